The summed E-state index contributed by atoms with van der Waals surface area (Å²) in [5.74, 6) is 0.623. The van der Waals surface area contributed by atoms with Gasteiger partial charge in [-0.2, -0.15) is 4.98 Å². The fourth-order valence-corrected chi connectivity index (χ4v) is 3.68. The van der Waals surface area contributed by atoms with Crippen LogP contribution in [0.2, 0.25) is 0 Å². The number of benzene rings is 2. The minimum atomic E-state index is -0.278. The van der Waals surface area contributed by atoms with Crippen LogP contribution in [0.25, 0.3) is 22.3 Å². The number of rotatable bonds is 4. The number of hydrogen-bond donors (Lipinski definition) is 0. The lowest BCUT2D eigenvalue weighted by atomic mass is 10.1. The Morgan fingerprint density at radius 2 is 1.96 bits per heavy atom. The van der Waals surface area contributed by atoms with E-state index in [-0.39, 0.29) is 11.1 Å². The third kappa shape index (κ3) is 3.20. The summed E-state index contributed by atoms with van der Waals surface area (Å²) in [5, 5.41) is 5.05. The molecule has 0 fully saturated rings. The lowest BCUT2D eigenvalue weighted by molar-refractivity contribution is 0.381. The highest BCUT2D eigenvalue weighted by molar-refractivity contribution is 7.99. The van der Waals surface area contributed by atoms with E-state index in [0.29, 0.717) is 22.8 Å². The van der Waals surface area contributed by atoms with Crippen molar-refractivity contribution >= 4 is 22.7 Å². The maximum absolute atomic E-state index is 13.8. The van der Waals surface area contributed by atoms with E-state index in [9.17, 15) is 4.39 Å². The summed E-state index contributed by atoms with van der Waals surface area (Å²) < 4.78 is 19.2. The molecule has 6 heteroatoms. The number of aryl methyl sites for hydroxylation is 1. The van der Waals surface area contributed by atoms with Crippen LogP contribution in [0.1, 0.15) is 23.6 Å². The third-order valence-electron chi connectivity index (χ3n) is 4.13. The lowest BCUT2D eigenvalue weighted by Gasteiger charge is -2.08. The van der Waals surface area contributed by atoms with Gasteiger partial charge in [0.2, 0.25) is 11.7 Å². The fourth-order valence-electron chi connectivity index (χ4n) is 2.66. The second kappa shape index (κ2) is 6.88. The van der Waals surface area contributed by atoms with Gasteiger partial charge >= 0.3 is 0 Å². The van der Waals surface area contributed by atoms with Crippen LogP contribution in [0, 0.1) is 12.7 Å². The standard InChI is InChI=1S/C20H16FN3OS/c1-12-7-8-14(11-16(12)21)19-23-20(25-24-19)13(2)26-18-9-10-22-17-6-4-3-5-15(17)18/h3-11,13H,1-2H3. The van der Waals surface area contributed by atoms with Crippen molar-refractivity contribution in [1.82, 2.24) is 15.1 Å². The molecular weight excluding hydrogens is 349 g/mol. The average Bonchev–Trinajstić information content (AvgIpc) is 3.15. The molecule has 1 atom stereocenters. The summed E-state index contributed by atoms with van der Waals surface area (Å²) in [6.45, 7) is 3.73. The van der Waals surface area contributed by atoms with Crippen LogP contribution >= 0.6 is 11.8 Å². The van der Waals surface area contributed by atoms with E-state index in [4.69, 9.17) is 4.52 Å². The topological polar surface area (TPSA) is 51.8 Å². The van der Waals surface area contributed by atoms with Crippen molar-refractivity contribution in [3.05, 3.63) is 72.0 Å². The Hall–Kier alpha value is -2.73. The number of hydrogen-bond acceptors (Lipinski definition) is 5. The molecule has 2 aromatic carbocycles. The van der Waals surface area contributed by atoms with Gasteiger partial charge in [0.15, 0.2) is 0 Å². The van der Waals surface area contributed by atoms with Crippen LogP contribution in [0.4, 0.5) is 4.39 Å². The zero-order chi connectivity index (χ0) is 18.1. The third-order valence-corrected chi connectivity index (χ3v) is 5.30. The van der Waals surface area contributed by atoms with Gasteiger partial charge in [0, 0.05) is 22.0 Å². The molecule has 0 aliphatic carbocycles. The fraction of sp³-hybridized carbons (Fsp3) is 0.150. The highest BCUT2D eigenvalue weighted by atomic mass is 32.2. The molecule has 0 saturated heterocycles. The summed E-state index contributed by atoms with van der Waals surface area (Å²) in [6.07, 6.45) is 1.80. The number of halogens is 1. The van der Waals surface area contributed by atoms with Crippen molar-refractivity contribution < 1.29 is 8.91 Å². The van der Waals surface area contributed by atoms with Gasteiger partial charge in [-0.25, -0.2) is 4.39 Å². The van der Waals surface area contributed by atoms with E-state index in [1.807, 2.05) is 37.3 Å². The first kappa shape index (κ1) is 16.7. The largest absolute Gasteiger partial charge is 0.338 e. The highest BCUT2D eigenvalue weighted by Crippen LogP contribution is 2.37. The first-order valence-electron chi connectivity index (χ1n) is 8.22. The molecule has 2 heterocycles. The zero-order valence-electron chi connectivity index (χ0n) is 14.3. The Bertz CT molecular complexity index is 1070. The van der Waals surface area contributed by atoms with Gasteiger partial charge in [0.25, 0.3) is 0 Å². The zero-order valence-corrected chi connectivity index (χ0v) is 15.1. The van der Waals surface area contributed by atoms with E-state index in [1.54, 1.807) is 37.0 Å². The minimum Gasteiger partial charge on any atom is -0.338 e. The summed E-state index contributed by atoms with van der Waals surface area (Å²) in [6, 6.07) is 14.9. The second-order valence-corrected chi connectivity index (χ2v) is 7.39. The summed E-state index contributed by atoms with van der Waals surface area (Å²) in [7, 11) is 0. The number of nitrogens with zero attached hydrogens (tertiary/aromatic N) is 3. The van der Waals surface area contributed by atoms with Gasteiger partial charge in [-0.15, -0.1) is 11.8 Å². The number of aromatic nitrogens is 3. The maximum atomic E-state index is 13.8. The monoisotopic (exact) mass is 365 g/mol. The Morgan fingerprint density at radius 1 is 1.12 bits per heavy atom. The maximum Gasteiger partial charge on any atom is 0.240 e. The highest BCUT2D eigenvalue weighted by Gasteiger charge is 2.18. The Labute approximate surface area is 154 Å². The van der Waals surface area contributed by atoms with Crippen LogP contribution in [-0.2, 0) is 0 Å². The van der Waals surface area contributed by atoms with Crippen LogP contribution in [0.15, 0.2) is 64.1 Å². The Kier molecular flexibility index (Phi) is 4.42. The van der Waals surface area contributed by atoms with E-state index >= 15 is 0 Å². The minimum absolute atomic E-state index is 0.0441. The van der Waals surface area contributed by atoms with Crippen molar-refractivity contribution in [3.63, 3.8) is 0 Å². The van der Waals surface area contributed by atoms with Gasteiger partial charge in [0.1, 0.15) is 5.82 Å². The molecule has 0 bridgehead atoms. The van der Waals surface area contributed by atoms with Gasteiger partial charge in [0.05, 0.1) is 10.8 Å². The first-order valence-corrected chi connectivity index (χ1v) is 9.10. The molecule has 0 radical (unpaired) electrons. The van der Waals surface area contributed by atoms with Crippen LogP contribution in [-0.4, -0.2) is 15.1 Å². The molecule has 0 aliphatic heterocycles. The molecule has 0 N–H and O–H groups in total. The summed E-state index contributed by atoms with van der Waals surface area (Å²) >= 11 is 1.63. The van der Waals surface area contributed by atoms with Gasteiger partial charge < -0.3 is 4.52 Å². The quantitative estimate of drug-likeness (QED) is 0.442. The van der Waals surface area contributed by atoms with E-state index in [0.717, 1.165) is 15.8 Å². The number of para-hydroxylation sites is 1. The predicted molar refractivity (Wildman–Crippen MR) is 100 cm³/mol. The van der Waals surface area contributed by atoms with Crippen LogP contribution < -0.4 is 0 Å². The molecule has 0 spiro atoms. The van der Waals surface area contributed by atoms with E-state index < -0.39 is 0 Å². The molecule has 0 aliphatic rings. The molecule has 26 heavy (non-hydrogen) atoms. The van der Waals surface area contributed by atoms with Gasteiger partial charge in [-0.3, -0.25) is 4.98 Å². The van der Waals surface area contributed by atoms with Crippen molar-refractivity contribution in [2.75, 3.05) is 0 Å². The molecule has 2 aromatic heterocycles. The molecule has 1 unspecified atom stereocenters. The lowest BCUT2D eigenvalue weighted by Crippen LogP contribution is -1.91. The molecule has 0 saturated carbocycles. The molecule has 4 nitrogen and oxygen atoms in total. The van der Waals surface area contributed by atoms with Crippen molar-refractivity contribution in [2.45, 2.75) is 24.0 Å². The smallest absolute Gasteiger partial charge is 0.240 e. The van der Waals surface area contributed by atoms with Crippen molar-refractivity contribution in [2.24, 2.45) is 0 Å². The van der Waals surface area contributed by atoms with Gasteiger partial charge in [-0.1, -0.05) is 35.5 Å². The molecule has 130 valence electrons. The normalized spacial score (nSPS) is 12.4. The Morgan fingerprint density at radius 3 is 2.81 bits per heavy atom. The average molecular weight is 365 g/mol. The number of thioether (sulfide) groups is 1. The molecule has 0 amide bonds. The molecule has 4 aromatic rings. The van der Waals surface area contributed by atoms with Crippen molar-refractivity contribution in [1.29, 1.82) is 0 Å². The predicted octanol–water partition coefficient (Wildman–Crippen LogP) is 5.59. The number of pyridine rings is 1. The van der Waals surface area contributed by atoms with E-state index in [2.05, 4.69) is 15.1 Å². The summed E-state index contributed by atoms with van der Waals surface area (Å²) in [4.78, 5) is 9.93. The SMILES string of the molecule is Cc1ccc(-c2noc(C(C)Sc3ccnc4ccccc34)n2)cc1F. The van der Waals surface area contributed by atoms with Crippen LogP contribution in [0.5, 0.6) is 0 Å². The number of fused-ring (bicyclic) bond motifs is 1. The van der Waals surface area contributed by atoms with Crippen molar-refractivity contribution in [3.8, 4) is 11.4 Å². The molecular formula is C20H16FN3OS. The second-order valence-electron chi connectivity index (χ2n) is 6.01. The summed E-state index contributed by atoms with van der Waals surface area (Å²) in [5.41, 5.74) is 2.15. The Balaban J connectivity index is 1.60. The van der Waals surface area contributed by atoms with Crippen LogP contribution in [0.3, 0.4) is 0 Å². The molecule has 4 rings (SSSR count). The van der Waals surface area contributed by atoms with Gasteiger partial charge in [-0.05, 0) is 37.6 Å². The van der Waals surface area contributed by atoms with E-state index in [1.165, 1.54) is 6.07 Å². The first-order chi connectivity index (χ1) is 12.6.